The molecule has 1 aliphatic heterocycles. The predicted octanol–water partition coefficient (Wildman–Crippen LogP) is 2.35. The molecule has 0 atom stereocenters. The standard InChI is InChI=1S/C17H18ClN7/c1-13-4-6-25(22-13)16-11-15(20-12-21-16)23-7-9-24(10-8-23)17-14(18)3-2-5-19-17/h2-6,11-12H,7-10H2,1H3. The molecule has 3 aromatic heterocycles. The summed E-state index contributed by atoms with van der Waals surface area (Å²) in [7, 11) is 0. The zero-order valence-corrected chi connectivity index (χ0v) is 14.6. The normalized spacial score (nSPS) is 14.8. The van der Waals surface area contributed by atoms with E-state index in [2.05, 4.69) is 29.9 Å². The van der Waals surface area contributed by atoms with Gasteiger partial charge in [-0.15, -0.1) is 0 Å². The summed E-state index contributed by atoms with van der Waals surface area (Å²) in [6, 6.07) is 7.65. The fraction of sp³-hybridized carbons (Fsp3) is 0.294. The Labute approximate surface area is 150 Å². The van der Waals surface area contributed by atoms with Gasteiger partial charge in [-0.25, -0.2) is 19.6 Å². The molecule has 0 aliphatic carbocycles. The van der Waals surface area contributed by atoms with Crippen LogP contribution in [0.3, 0.4) is 0 Å². The first-order chi connectivity index (χ1) is 12.2. The van der Waals surface area contributed by atoms with Crippen molar-refractivity contribution in [2.24, 2.45) is 0 Å². The molecule has 0 saturated carbocycles. The van der Waals surface area contributed by atoms with Crippen LogP contribution in [0.15, 0.2) is 43.0 Å². The molecule has 4 rings (SSSR count). The number of hydrogen-bond acceptors (Lipinski definition) is 6. The van der Waals surface area contributed by atoms with Crippen molar-refractivity contribution in [2.75, 3.05) is 36.0 Å². The molecule has 128 valence electrons. The van der Waals surface area contributed by atoms with Gasteiger partial charge in [0.15, 0.2) is 5.82 Å². The third kappa shape index (κ3) is 3.28. The van der Waals surface area contributed by atoms with Gasteiger partial charge in [0.1, 0.15) is 18.0 Å². The van der Waals surface area contributed by atoms with Gasteiger partial charge in [0.25, 0.3) is 0 Å². The highest BCUT2D eigenvalue weighted by molar-refractivity contribution is 6.32. The maximum atomic E-state index is 6.25. The highest BCUT2D eigenvalue weighted by Crippen LogP contribution is 2.24. The molecule has 1 aliphatic rings. The van der Waals surface area contributed by atoms with Crippen LogP contribution in [-0.2, 0) is 0 Å². The Morgan fingerprint density at radius 2 is 1.72 bits per heavy atom. The summed E-state index contributed by atoms with van der Waals surface area (Å²) in [5.74, 6) is 2.53. The van der Waals surface area contributed by atoms with Crippen LogP contribution in [0.4, 0.5) is 11.6 Å². The fourth-order valence-corrected chi connectivity index (χ4v) is 3.18. The second-order valence-corrected chi connectivity index (χ2v) is 6.33. The van der Waals surface area contributed by atoms with E-state index in [1.807, 2.05) is 37.4 Å². The first-order valence-electron chi connectivity index (χ1n) is 8.16. The summed E-state index contributed by atoms with van der Waals surface area (Å²) < 4.78 is 1.77. The number of hydrogen-bond donors (Lipinski definition) is 0. The summed E-state index contributed by atoms with van der Waals surface area (Å²) in [6.45, 7) is 5.34. The summed E-state index contributed by atoms with van der Waals surface area (Å²) in [6.07, 6.45) is 5.27. The Morgan fingerprint density at radius 1 is 0.960 bits per heavy atom. The van der Waals surface area contributed by atoms with Gasteiger partial charge in [-0.05, 0) is 25.1 Å². The Hall–Kier alpha value is -2.67. The third-order valence-corrected chi connectivity index (χ3v) is 4.53. The largest absolute Gasteiger partial charge is 0.353 e. The van der Waals surface area contributed by atoms with Crippen molar-refractivity contribution in [1.29, 1.82) is 0 Å². The first kappa shape index (κ1) is 15.8. The van der Waals surface area contributed by atoms with Gasteiger partial charge in [0.2, 0.25) is 0 Å². The molecule has 0 unspecified atom stereocenters. The molecule has 4 heterocycles. The molecule has 0 amide bonds. The molecule has 0 bridgehead atoms. The number of nitrogens with zero attached hydrogens (tertiary/aromatic N) is 7. The molecule has 0 aromatic carbocycles. The number of aryl methyl sites for hydroxylation is 1. The van der Waals surface area contributed by atoms with Crippen molar-refractivity contribution in [3.63, 3.8) is 0 Å². The van der Waals surface area contributed by atoms with Gasteiger partial charge in [-0.3, -0.25) is 0 Å². The van der Waals surface area contributed by atoms with Crippen LogP contribution in [-0.4, -0.2) is 50.9 Å². The molecule has 8 heteroatoms. The number of aromatic nitrogens is 5. The van der Waals surface area contributed by atoms with Crippen molar-refractivity contribution >= 4 is 23.2 Å². The highest BCUT2D eigenvalue weighted by atomic mass is 35.5. The zero-order chi connectivity index (χ0) is 17.2. The van der Waals surface area contributed by atoms with Crippen LogP contribution in [0.25, 0.3) is 5.82 Å². The lowest BCUT2D eigenvalue weighted by molar-refractivity contribution is 0.640. The highest BCUT2D eigenvalue weighted by Gasteiger charge is 2.21. The zero-order valence-electron chi connectivity index (χ0n) is 13.9. The van der Waals surface area contributed by atoms with Crippen LogP contribution < -0.4 is 9.80 Å². The minimum Gasteiger partial charge on any atom is -0.353 e. The number of rotatable bonds is 3. The number of halogens is 1. The van der Waals surface area contributed by atoms with Gasteiger partial charge in [-0.1, -0.05) is 11.6 Å². The lowest BCUT2D eigenvalue weighted by Gasteiger charge is -2.36. The number of pyridine rings is 1. The van der Waals surface area contributed by atoms with E-state index < -0.39 is 0 Å². The maximum absolute atomic E-state index is 6.25. The van der Waals surface area contributed by atoms with Crippen molar-refractivity contribution in [3.8, 4) is 5.82 Å². The Bertz CT molecular complexity index is 871. The van der Waals surface area contributed by atoms with Crippen LogP contribution >= 0.6 is 11.6 Å². The van der Waals surface area contributed by atoms with Crippen LogP contribution in [0.1, 0.15) is 5.69 Å². The second-order valence-electron chi connectivity index (χ2n) is 5.92. The van der Waals surface area contributed by atoms with E-state index in [1.54, 1.807) is 17.2 Å². The molecule has 0 radical (unpaired) electrons. The number of anilines is 2. The molecule has 3 aromatic rings. The summed E-state index contributed by atoms with van der Waals surface area (Å²) in [5, 5.41) is 5.09. The van der Waals surface area contributed by atoms with Crippen molar-refractivity contribution in [2.45, 2.75) is 6.92 Å². The molecule has 0 spiro atoms. The van der Waals surface area contributed by atoms with Crippen LogP contribution in [0.5, 0.6) is 0 Å². The molecular weight excluding hydrogens is 338 g/mol. The Morgan fingerprint density at radius 3 is 2.44 bits per heavy atom. The van der Waals surface area contributed by atoms with Crippen molar-refractivity contribution < 1.29 is 0 Å². The molecular formula is C17H18ClN7. The van der Waals surface area contributed by atoms with E-state index in [-0.39, 0.29) is 0 Å². The van der Waals surface area contributed by atoms with Crippen molar-refractivity contribution in [1.82, 2.24) is 24.7 Å². The Balaban J connectivity index is 1.49. The average molecular weight is 356 g/mol. The first-order valence-corrected chi connectivity index (χ1v) is 8.53. The van der Waals surface area contributed by atoms with Gasteiger partial charge >= 0.3 is 0 Å². The number of piperazine rings is 1. The van der Waals surface area contributed by atoms with Crippen LogP contribution in [0, 0.1) is 6.92 Å². The lowest BCUT2D eigenvalue weighted by Crippen LogP contribution is -2.47. The van der Waals surface area contributed by atoms with E-state index in [0.29, 0.717) is 5.02 Å². The third-order valence-electron chi connectivity index (χ3n) is 4.24. The lowest BCUT2D eigenvalue weighted by atomic mass is 10.3. The van der Waals surface area contributed by atoms with Gasteiger partial charge in [0.05, 0.1) is 10.7 Å². The topological polar surface area (TPSA) is 63.0 Å². The average Bonchev–Trinajstić information content (AvgIpc) is 3.09. The molecule has 1 saturated heterocycles. The molecule has 7 nitrogen and oxygen atoms in total. The second kappa shape index (κ2) is 6.68. The predicted molar refractivity (Wildman–Crippen MR) is 97.6 cm³/mol. The maximum Gasteiger partial charge on any atom is 0.158 e. The summed E-state index contributed by atoms with van der Waals surface area (Å²) in [5.41, 5.74) is 0.959. The molecule has 25 heavy (non-hydrogen) atoms. The minimum atomic E-state index is 0.689. The van der Waals surface area contributed by atoms with Gasteiger partial charge in [0, 0.05) is 44.6 Å². The van der Waals surface area contributed by atoms with Gasteiger partial charge < -0.3 is 9.80 Å². The van der Waals surface area contributed by atoms with Crippen LogP contribution in [0.2, 0.25) is 5.02 Å². The fourth-order valence-electron chi connectivity index (χ4n) is 2.94. The monoisotopic (exact) mass is 355 g/mol. The van der Waals surface area contributed by atoms with E-state index in [1.165, 1.54) is 0 Å². The summed E-state index contributed by atoms with van der Waals surface area (Å²) >= 11 is 6.25. The Kier molecular flexibility index (Phi) is 4.23. The van der Waals surface area contributed by atoms with E-state index in [0.717, 1.165) is 49.3 Å². The minimum absolute atomic E-state index is 0.689. The van der Waals surface area contributed by atoms with Crippen molar-refractivity contribution in [3.05, 3.63) is 53.7 Å². The molecule has 0 N–H and O–H groups in total. The SMILES string of the molecule is Cc1ccn(-c2cc(N3CCN(c4ncccc4Cl)CC3)ncn2)n1. The van der Waals surface area contributed by atoms with E-state index in [4.69, 9.17) is 11.6 Å². The quantitative estimate of drug-likeness (QED) is 0.718. The smallest absolute Gasteiger partial charge is 0.158 e. The van der Waals surface area contributed by atoms with E-state index >= 15 is 0 Å². The molecule has 1 fully saturated rings. The van der Waals surface area contributed by atoms with E-state index in [9.17, 15) is 0 Å². The summed E-state index contributed by atoms with van der Waals surface area (Å²) in [4.78, 5) is 17.6. The van der Waals surface area contributed by atoms with Gasteiger partial charge in [-0.2, -0.15) is 5.10 Å².